The van der Waals surface area contributed by atoms with E-state index in [2.05, 4.69) is 30.7 Å². The zero-order valence-corrected chi connectivity index (χ0v) is 17.6. The molecule has 2 N–H and O–H groups in total. The molecule has 0 bridgehead atoms. The molecule has 0 atom stereocenters. The molecule has 1 aliphatic heterocycles. The number of rotatable bonds is 7. The van der Waals surface area contributed by atoms with E-state index in [9.17, 15) is 4.79 Å². The maximum absolute atomic E-state index is 12.7. The van der Waals surface area contributed by atoms with Crippen molar-refractivity contribution in [1.29, 1.82) is 0 Å². The van der Waals surface area contributed by atoms with Crippen molar-refractivity contribution in [3.8, 4) is 11.3 Å². The van der Waals surface area contributed by atoms with Crippen LogP contribution in [0.5, 0.6) is 0 Å². The molecule has 0 unspecified atom stereocenters. The van der Waals surface area contributed by atoms with Gasteiger partial charge in [0, 0.05) is 43.4 Å². The summed E-state index contributed by atoms with van der Waals surface area (Å²) in [4.78, 5) is 23.6. The Labute approximate surface area is 185 Å². The molecule has 3 heterocycles. The molecule has 0 spiro atoms. The van der Waals surface area contributed by atoms with Crippen molar-refractivity contribution >= 4 is 28.4 Å². The lowest BCUT2D eigenvalue weighted by Gasteiger charge is -2.16. The van der Waals surface area contributed by atoms with E-state index in [0.717, 1.165) is 41.2 Å². The first-order chi connectivity index (χ1) is 15.8. The van der Waals surface area contributed by atoms with Crippen LogP contribution < -0.4 is 15.5 Å². The summed E-state index contributed by atoms with van der Waals surface area (Å²) in [5, 5.41) is 11.1. The van der Waals surface area contributed by atoms with Gasteiger partial charge in [-0.1, -0.05) is 35.5 Å². The number of amides is 1. The number of nitrogens with zero attached hydrogens (tertiary/aromatic N) is 4. The zero-order chi connectivity index (χ0) is 21.8. The van der Waals surface area contributed by atoms with E-state index in [-0.39, 0.29) is 5.91 Å². The summed E-state index contributed by atoms with van der Waals surface area (Å²) >= 11 is 0. The molecule has 1 saturated heterocycles. The highest BCUT2D eigenvalue weighted by Crippen LogP contribution is 2.29. The molecular formula is C24H24N6O2. The largest absolute Gasteiger partial charge is 0.368 e. The van der Waals surface area contributed by atoms with Crippen molar-refractivity contribution in [3.63, 3.8) is 0 Å². The van der Waals surface area contributed by atoms with Crippen LogP contribution in [0.3, 0.4) is 0 Å². The fraction of sp³-hybridized carbons (Fsp3) is 0.250. The van der Waals surface area contributed by atoms with Crippen LogP contribution in [0.25, 0.3) is 22.2 Å². The van der Waals surface area contributed by atoms with Crippen LogP contribution in [0.4, 0.5) is 11.6 Å². The summed E-state index contributed by atoms with van der Waals surface area (Å²) in [7, 11) is 0. The van der Waals surface area contributed by atoms with E-state index >= 15 is 0 Å². The minimum Gasteiger partial charge on any atom is -0.368 e. The molecule has 0 radical (unpaired) electrons. The zero-order valence-electron chi connectivity index (χ0n) is 17.6. The second-order valence-corrected chi connectivity index (χ2v) is 7.75. The summed E-state index contributed by atoms with van der Waals surface area (Å²) in [5.41, 5.74) is 2.21. The van der Waals surface area contributed by atoms with E-state index in [1.807, 2.05) is 42.5 Å². The van der Waals surface area contributed by atoms with Gasteiger partial charge in [0.05, 0.1) is 5.39 Å². The molecule has 32 heavy (non-hydrogen) atoms. The van der Waals surface area contributed by atoms with Gasteiger partial charge in [0.15, 0.2) is 5.76 Å². The van der Waals surface area contributed by atoms with Gasteiger partial charge in [0.1, 0.15) is 23.5 Å². The van der Waals surface area contributed by atoms with Gasteiger partial charge in [-0.05, 0) is 31.0 Å². The van der Waals surface area contributed by atoms with E-state index in [1.54, 1.807) is 18.5 Å². The Morgan fingerprint density at radius 2 is 1.84 bits per heavy atom. The molecule has 162 valence electrons. The summed E-state index contributed by atoms with van der Waals surface area (Å²) in [6, 6.07) is 17.1. The quantitative estimate of drug-likeness (QED) is 0.433. The van der Waals surface area contributed by atoms with Gasteiger partial charge in [-0.25, -0.2) is 9.97 Å². The Morgan fingerprint density at radius 1 is 1.00 bits per heavy atom. The van der Waals surface area contributed by atoms with E-state index in [1.165, 1.54) is 12.8 Å². The Hall–Kier alpha value is -3.94. The molecule has 4 aromatic rings. The highest BCUT2D eigenvalue weighted by Gasteiger charge is 2.15. The summed E-state index contributed by atoms with van der Waals surface area (Å²) in [6.07, 6.45) is 3.98. The van der Waals surface area contributed by atoms with Crippen molar-refractivity contribution in [3.05, 3.63) is 66.5 Å². The third-order valence-corrected chi connectivity index (χ3v) is 5.57. The van der Waals surface area contributed by atoms with Gasteiger partial charge >= 0.3 is 0 Å². The smallest absolute Gasteiger partial charge is 0.251 e. The monoisotopic (exact) mass is 428 g/mol. The van der Waals surface area contributed by atoms with Crippen LogP contribution in [0.15, 0.2) is 65.4 Å². The van der Waals surface area contributed by atoms with Crippen molar-refractivity contribution < 1.29 is 9.32 Å². The summed E-state index contributed by atoms with van der Waals surface area (Å²) in [6.45, 7) is 3.10. The Morgan fingerprint density at radius 3 is 2.69 bits per heavy atom. The average molecular weight is 428 g/mol. The molecule has 2 aromatic heterocycles. The Bertz CT molecular complexity index is 1220. The number of aromatic nitrogens is 3. The van der Waals surface area contributed by atoms with Crippen LogP contribution in [0.2, 0.25) is 0 Å². The lowest BCUT2D eigenvalue weighted by Crippen LogP contribution is -2.29. The maximum atomic E-state index is 12.7. The van der Waals surface area contributed by atoms with Crippen LogP contribution in [-0.2, 0) is 0 Å². The molecule has 0 saturated carbocycles. The van der Waals surface area contributed by atoms with Gasteiger partial charge in [-0.2, -0.15) is 0 Å². The molecule has 5 rings (SSSR count). The van der Waals surface area contributed by atoms with Gasteiger partial charge in [-0.3, -0.25) is 4.79 Å². The fourth-order valence-electron chi connectivity index (χ4n) is 3.91. The number of carbonyl (C=O) groups excluding carboxylic acids is 1. The van der Waals surface area contributed by atoms with Crippen LogP contribution in [0, 0.1) is 0 Å². The lowest BCUT2D eigenvalue weighted by molar-refractivity contribution is 0.0955. The van der Waals surface area contributed by atoms with Gasteiger partial charge in [0.25, 0.3) is 5.91 Å². The van der Waals surface area contributed by atoms with Crippen LogP contribution in [-0.4, -0.2) is 47.2 Å². The Balaban J connectivity index is 1.20. The highest BCUT2D eigenvalue weighted by molar-refractivity contribution is 6.00. The maximum Gasteiger partial charge on any atom is 0.251 e. The molecule has 8 heteroatoms. The first-order valence-corrected chi connectivity index (χ1v) is 10.8. The molecule has 8 nitrogen and oxygen atoms in total. The Kier molecular flexibility index (Phi) is 5.65. The molecular weight excluding hydrogens is 404 g/mol. The molecule has 1 fully saturated rings. The highest BCUT2D eigenvalue weighted by atomic mass is 16.5. The number of hydrogen-bond donors (Lipinski definition) is 2. The van der Waals surface area contributed by atoms with Crippen molar-refractivity contribution in [2.75, 3.05) is 36.4 Å². The number of carbonyl (C=O) groups is 1. The minimum atomic E-state index is -0.144. The molecule has 2 aromatic carbocycles. The van der Waals surface area contributed by atoms with Crippen LogP contribution in [0.1, 0.15) is 23.2 Å². The number of anilines is 2. The van der Waals surface area contributed by atoms with Gasteiger partial charge in [-0.15, -0.1) is 0 Å². The van der Waals surface area contributed by atoms with Crippen molar-refractivity contribution in [2.24, 2.45) is 0 Å². The van der Waals surface area contributed by atoms with Crippen LogP contribution >= 0.6 is 0 Å². The normalized spacial score (nSPS) is 13.4. The standard InChI is InChI=1S/C24H24N6O2/c31-24(26-11-10-25-21-15-22(28-16-27-21)30-12-4-5-13-30)18-8-9-20-19(14-18)23(32-29-20)17-6-2-1-3-7-17/h1-3,6-9,14-16H,4-5,10-13H2,(H,26,31)(H,25,27,28). The van der Waals surface area contributed by atoms with E-state index in [4.69, 9.17) is 4.52 Å². The fourth-order valence-corrected chi connectivity index (χ4v) is 3.91. The van der Waals surface area contributed by atoms with Gasteiger partial charge in [0.2, 0.25) is 0 Å². The van der Waals surface area contributed by atoms with E-state index in [0.29, 0.717) is 24.4 Å². The molecule has 0 aliphatic carbocycles. The van der Waals surface area contributed by atoms with Crippen molar-refractivity contribution in [2.45, 2.75) is 12.8 Å². The van der Waals surface area contributed by atoms with Crippen molar-refractivity contribution in [1.82, 2.24) is 20.4 Å². The lowest BCUT2D eigenvalue weighted by atomic mass is 10.1. The summed E-state index contributed by atoms with van der Waals surface area (Å²) < 4.78 is 5.52. The molecule has 1 amide bonds. The summed E-state index contributed by atoms with van der Waals surface area (Å²) in [5.74, 6) is 2.22. The first-order valence-electron chi connectivity index (χ1n) is 10.8. The topological polar surface area (TPSA) is 96.2 Å². The third-order valence-electron chi connectivity index (χ3n) is 5.57. The number of nitrogens with one attached hydrogen (secondary N) is 2. The predicted molar refractivity (Wildman–Crippen MR) is 124 cm³/mol. The number of hydrogen-bond acceptors (Lipinski definition) is 7. The second kappa shape index (κ2) is 9.05. The predicted octanol–water partition coefficient (Wildman–Crippen LogP) is 3.73. The number of benzene rings is 2. The molecule has 1 aliphatic rings. The van der Waals surface area contributed by atoms with E-state index < -0.39 is 0 Å². The number of fused-ring (bicyclic) bond motifs is 1. The third kappa shape index (κ3) is 4.25. The minimum absolute atomic E-state index is 0.144. The van der Waals surface area contributed by atoms with Gasteiger partial charge < -0.3 is 20.1 Å². The SMILES string of the molecule is O=C(NCCNc1cc(N2CCCC2)ncn1)c1ccc2noc(-c3ccccc3)c2c1. The second-order valence-electron chi connectivity index (χ2n) is 7.75. The average Bonchev–Trinajstić information content (AvgIpc) is 3.52. The first kappa shape index (κ1) is 20.0.